The van der Waals surface area contributed by atoms with E-state index in [0.717, 1.165) is 78.6 Å². The van der Waals surface area contributed by atoms with Crippen molar-refractivity contribution >= 4 is 39.9 Å². The highest BCUT2D eigenvalue weighted by Gasteiger charge is 2.31. The molecular weight excluding hydrogens is 777 g/mol. The van der Waals surface area contributed by atoms with Gasteiger partial charge >= 0.3 is 0 Å². The number of carbonyl (C=O) groups excluding carboxylic acids is 1. The molecule has 0 aromatic heterocycles. The Bertz CT molecular complexity index is 3000. The zero-order chi connectivity index (χ0) is 42.8. The number of carbonyl (C=O) groups is 1. The van der Waals surface area contributed by atoms with Gasteiger partial charge < -0.3 is 9.80 Å². The first kappa shape index (κ1) is 38.4. The standard InChI is InChI=1S/C61H42N2O/c64-61-57-25-13-23-55(47-31-39-53(40-32-47)62(49-19-9-3-10-20-49)51-35-27-45(28-36-51)43-15-5-1-6-16-43)59(57)60-56(24-14-26-58(60)61)48-33-41-54(42-34-48)63(50-21-11-4-12-22-50)52-37-29-46(30-38-52)44-17-7-2-8-18-44/h1-42H. The van der Waals surface area contributed by atoms with Crippen LogP contribution in [-0.2, 0) is 0 Å². The third-order valence-corrected chi connectivity index (χ3v) is 12.2. The molecule has 3 nitrogen and oxygen atoms in total. The van der Waals surface area contributed by atoms with Crippen LogP contribution in [0.25, 0.3) is 55.6 Å². The van der Waals surface area contributed by atoms with Gasteiger partial charge in [0.2, 0.25) is 0 Å². The van der Waals surface area contributed by atoms with Gasteiger partial charge in [0.25, 0.3) is 0 Å². The maximum absolute atomic E-state index is 14.2. The fourth-order valence-electron chi connectivity index (χ4n) is 9.14. The van der Waals surface area contributed by atoms with Crippen LogP contribution in [0.5, 0.6) is 0 Å². The largest absolute Gasteiger partial charge is 0.311 e. The minimum atomic E-state index is 0.0605. The van der Waals surface area contributed by atoms with Gasteiger partial charge in [0.1, 0.15) is 0 Å². The summed E-state index contributed by atoms with van der Waals surface area (Å²) in [7, 11) is 0. The quantitative estimate of drug-likeness (QED) is 0.137. The third-order valence-electron chi connectivity index (χ3n) is 12.2. The second-order valence-electron chi connectivity index (χ2n) is 16.0. The van der Waals surface area contributed by atoms with E-state index in [0.29, 0.717) is 0 Å². The summed E-state index contributed by atoms with van der Waals surface area (Å²) in [6, 6.07) is 89.1. The Kier molecular flexibility index (Phi) is 10.0. The molecule has 302 valence electrons. The lowest BCUT2D eigenvalue weighted by molar-refractivity contribution is 0.104. The van der Waals surface area contributed by atoms with Crippen LogP contribution in [0.1, 0.15) is 15.9 Å². The summed E-state index contributed by atoms with van der Waals surface area (Å²) in [5.74, 6) is 0.0605. The van der Waals surface area contributed by atoms with Crippen LogP contribution in [0.2, 0.25) is 0 Å². The van der Waals surface area contributed by atoms with Gasteiger partial charge in [0.05, 0.1) is 0 Å². The number of hydrogen-bond acceptors (Lipinski definition) is 3. The van der Waals surface area contributed by atoms with Crippen molar-refractivity contribution in [2.75, 3.05) is 9.80 Å². The number of anilines is 6. The maximum Gasteiger partial charge on any atom is 0.194 e. The molecule has 3 heteroatoms. The molecule has 11 rings (SSSR count). The van der Waals surface area contributed by atoms with Crippen molar-refractivity contribution in [1.82, 2.24) is 0 Å². The predicted molar refractivity (Wildman–Crippen MR) is 266 cm³/mol. The van der Waals surface area contributed by atoms with Crippen LogP contribution < -0.4 is 9.80 Å². The molecule has 1 aliphatic carbocycles. The van der Waals surface area contributed by atoms with Gasteiger partial charge in [-0.25, -0.2) is 0 Å². The van der Waals surface area contributed by atoms with Gasteiger partial charge in [-0.3, -0.25) is 4.79 Å². The smallest absolute Gasteiger partial charge is 0.194 e. The van der Waals surface area contributed by atoms with E-state index in [1.54, 1.807) is 0 Å². The van der Waals surface area contributed by atoms with E-state index in [9.17, 15) is 4.79 Å². The van der Waals surface area contributed by atoms with Gasteiger partial charge in [-0.05, 0) is 117 Å². The molecule has 0 saturated carbocycles. The first-order valence-electron chi connectivity index (χ1n) is 21.7. The van der Waals surface area contributed by atoms with Gasteiger partial charge in [-0.15, -0.1) is 0 Å². The lowest BCUT2D eigenvalue weighted by Gasteiger charge is -2.26. The normalized spacial score (nSPS) is 11.5. The van der Waals surface area contributed by atoms with Crippen molar-refractivity contribution in [3.8, 4) is 55.6 Å². The van der Waals surface area contributed by atoms with Crippen molar-refractivity contribution < 1.29 is 4.79 Å². The monoisotopic (exact) mass is 818 g/mol. The van der Waals surface area contributed by atoms with Crippen molar-refractivity contribution in [3.63, 3.8) is 0 Å². The highest BCUT2D eigenvalue weighted by atomic mass is 16.1. The van der Waals surface area contributed by atoms with Gasteiger partial charge in [-0.1, -0.05) is 182 Å². The summed E-state index contributed by atoms with van der Waals surface area (Å²) in [6.07, 6.45) is 0. The molecule has 0 atom stereocenters. The maximum atomic E-state index is 14.2. The summed E-state index contributed by atoms with van der Waals surface area (Å²) < 4.78 is 0. The lowest BCUT2D eigenvalue weighted by Crippen LogP contribution is -2.09. The molecule has 0 heterocycles. The van der Waals surface area contributed by atoms with E-state index < -0.39 is 0 Å². The number of hydrogen-bond donors (Lipinski definition) is 0. The number of para-hydroxylation sites is 2. The molecule has 10 aromatic carbocycles. The van der Waals surface area contributed by atoms with Crippen molar-refractivity contribution in [3.05, 3.63) is 266 Å². The Balaban J connectivity index is 0.941. The van der Waals surface area contributed by atoms with E-state index in [2.05, 4.69) is 216 Å². The molecule has 0 spiro atoms. The van der Waals surface area contributed by atoms with Crippen molar-refractivity contribution in [1.29, 1.82) is 0 Å². The van der Waals surface area contributed by atoms with E-state index in [4.69, 9.17) is 0 Å². The molecule has 0 radical (unpaired) electrons. The zero-order valence-electron chi connectivity index (χ0n) is 35.1. The van der Waals surface area contributed by atoms with Crippen LogP contribution in [0, 0.1) is 0 Å². The highest BCUT2D eigenvalue weighted by Crippen LogP contribution is 2.48. The van der Waals surface area contributed by atoms with Crippen LogP contribution in [0.4, 0.5) is 34.1 Å². The molecule has 1 aliphatic rings. The number of nitrogens with zero attached hydrogens (tertiary/aromatic N) is 2. The molecule has 0 N–H and O–H groups in total. The van der Waals surface area contributed by atoms with Gasteiger partial charge in [0, 0.05) is 56.4 Å². The van der Waals surface area contributed by atoms with E-state index >= 15 is 0 Å². The molecule has 0 unspecified atom stereocenters. The third kappa shape index (κ3) is 7.15. The molecule has 64 heavy (non-hydrogen) atoms. The van der Waals surface area contributed by atoms with Gasteiger partial charge in [0.15, 0.2) is 5.78 Å². The summed E-state index contributed by atoms with van der Waals surface area (Å²) in [5.41, 5.74) is 18.7. The Hall–Kier alpha value is -8.53. The number of benzene rings is 10. The van der Waals surface area contributed by atoms with E-state index in [1.165, 1.54) is 22.3 Å². The average Bonchev–Trinajstić information content (AvgIpc) is 3.67. The molecule has 0 bridgehead atoms. The number of rotatable bonds is 10. The van der Waals surface area contributed by atoms with Crippen molar-refractivity contribution in [2.24, 2.45) is 0 Å². The lowest BCUT2D eigenvalue weighted by atomic mass is 9.89. The fraction of sp³-hybridized carbons (Fsp3) is 0. The molecular formula is C61H42N2O. The SMILES string of the molecule is O=C1c2cccc(-c3ccc(N(c4ccccc4)c4ccc(-c5ccccc5)cc4)cc3)c2-c2c1cccc2-c1ccc(N(c2ccccc2)c2ccc(-c3ccccc3)cc2)cc1. The topological polar surface area (TPSA) is 23.6 Å². The number of fused-ring (bicyclic) bond motifs is 3. The zero-order valence-corrected chi connectivity index (χ0v) is 35.1. The highest BCUT2D eigenvalue weighted by molar-refractivity contribution is 6.25. The second-order valence-corrected chi connectivity index (χ2v) is 16.0. The van der Waals surface area contributed by atoms with Crippen LogP contribution >= 0.6 is 0 Å². The summed E-state index contributed by atoms with van der Waals surface area (Å²) >= 11 is 0. The molecule has 0 amide bonds. The van der Waals surface area contributed by atoms with E-state index in [-0.39, 0.29) is 5.78 Å². The predicted octanol–water partition coefficient (Wildman–Crippen LogP) is 16.5. The molecule has 10 aromatic rings. The summed E-state index contributed by atoms with van der Waals surface area (Å²) in [6.45, 7) is 0. The summed E-state index contributed by atoms with van der Waals surface area (Å²) in [5, 5.41) is 0. The Morgan fingerprint density at radius 2 is 0.453 bits per heavy atom. The first-order valence-corrected chi connectivity index (χ1v) is 21.7. The van der Waals surface area contributed by atoms with Crippen LogP contribution in [0.15, 0.2) is 255 Å². The average molecular weight is 819 g/mol. The molecule has 0 fully saturated rings. The fourth-order valence-corrected chi connectivity index (χ4v) is 9.14. The Morgan fingerprint density at radius 1 is 0.203 bits per heavy atom. The number of ketones is 1. The molecule has 0 saturated heterocycles. The summed E-state index contributed by atoms with van der Waals surface area (Å²) in [4.78, 5) is 18.8. The molecule has 0 aliphatic heterocycles. The Morgan fingerprint density at radius 3 is 0.781 bits per heavy atom. The van der Waals surface area contributed by atoms with Crippen LogP contribution in [-0.4, -0.2) is 5.78 Å². The second kappa shape index (κ2) is 16.7. The van der Waals surface area contributed by atoms with Crippen molar-refractivity contribution in [2.45, 2.75) is 0 Å². The minimum absolute atomic E-state index is 0.0605. The Labute approximate surface area is 374 Å². The first-order chi connectivity index (χ1) is 31.7. The minimum Gasteiger partial charge on any atom is -0.311 e. The van der Waals surface area contributed by atoms with Gasteiger partial charge in [-0.2, -0.15) is 0 Å². The van der Waals surface area contributed by atoms with E-state index in [1.807, 2.05) is 48.5 Å². The van der Waals surface area contributed by atoms with Crippen LogP contribution in [0.3, 0.4) is 0 Å².